The predicted molar refractivity (Wildman–Crippen MR) is 132 cm³/mol. The van der Waals surface area contributed by atoms with E-state index in [1.54, 1.807) is 31.2 Å². The molecule has 0 aliphatic heterocycles. The molecule has 0 amide bonds. The number of hydrogen-bond donors (Lipinski definition) is 2. The van der Waals surface area contributed by atoms with E-state index in [9.17, 15) is 17.2 Å². The fourth-order valence-electron chi connectivity index (χ4n) is 3.50. The summed E-state index contributed by atoms with van der Waals surface area (Å²) in [5.41, 5.74) is 0.0115. The normalized spacial score (nSPS) is 12.1. The Bertz CT molecular complexity index is 1280. The van der Waals surface area contributed by atoms with Gasteiger partial charge in [-0.15, -0.1) is 0 Å². The van der Waals surface area contributed by atoms with Crippen LogP contribution < -0.4 is 14.9 Å². The van der Waals surface area contributed by atoms with Crippen molar-refractivity contribution in [2.24, 2.45) is 5.84 Å². The standard InChI is InChI=1S/C24H25ClF2N4O3S/c1-17(21-5-2-3-6-24(21)34-14-4-13-30(29)16-28)31(23-15-19(26)9-12-22(23)27)35(32,33)20-10-7-18(25)8-11-20/h2-3,5-12,15-17,28H,4,13-14,29H2,1H3/t17-/m1/s1. The molecule has 0 aliphatic carbocycles. The van der Waals surface area contributed by atoms with E-state index in [1.807, 2.05) is 0 Å². The van der Waals surface area contributed by atoms with Crippen LogP contribution in [0.3, 0.4) is 0 Å². The van der Waals surface area contributed by atoms with Gasteiger partial charge in [0.05, 0.1) is 29.6 Å². The highest BCUT2D eigenvalue weighted by molar-refractivity contribution is 7.92. The second-order valence-electron chi connectivity index (χ2n) is 7.63. The van der Waals surface area contributed by atoms with Gasteiger partial charge in [0, 0.05) is 29.6 Å². The highest BCUT2D eigenvalue weighted by atomic mass is 35.5. The highest BCUT2D eigenvalue weighted by Crippen LogP contribution is 2.38. The molecular weight excluding hydrogens is 498 g/mol. The first kappa shape index (κ1) is 26.4. The van der Waals surface area contributed by atoms with Gasteiger partial charge >= 0.3 is 0 Å². The van der Waals surface area contributed by atoms with E-state index in [1.165, 1.54) is 29.3 Å². The lowest BCUT2D eigenvalue weighted by atomic mass is 10.1. The third-order valence-corrected chi connectivity index (χ3v) is 7.37. The van der Waals surface area contributed by atoms with Crippen LogP contribution in [0.1, 0.15) is 24.9 Å². The zero-order valence-electron chi connectivity index (χ0n) is 18.9. The molecule has 0 fully saturated rings. The summed E-state index contributed by atoms with van der Waals surface area (Å²) in [7, 11) is -4.35. The number of nitrogens with one attached hydrogen (secondary N) is 1. The molecule has 35 heavy (non-hydrogen) atoms. The van der Waals surface area contributed by atoms with E-state index in [0.717, 1.165) is 28.8 Å². The number of ether oxygens (including phenoxy) is 1. The zero-order valence-corrected chi connectivity index (χ0v) is 20.4. The van der Waals surface area contributed by atoms with Crippen molar-refractivity contribution in [2.75, 3.05) is 17.5 Å². The van der Waals surface area contributed by atoms with Crippen molar-refractivity contribution >= 4 is 33.7 Å². The van der Waals surface area contributed by atoms with Crippen LogP contribution in [0.4, 0.5) is 14.5 Å². The minimum atomic E-state index is -4.35. The van der Waals surface area contributed by atoms with Crippen molar-refractivity contribution in [1.82, 2.24) is 5.01 Å². The lowest BCUT2D eigenvalue weighted by Gasteiger charge is -2.32. The van der Waals surface area contributed by atoms with Crippen LogP contribution in [-0.2, 0) is 10.0 Å². The maximum absolute atomic E-state index is 14.9. The molecule has 3 aromatic carbocycles. The fourth-order valence-corrected chi connectivity index (χ4v) is 5.26. The van der Waals surface area contributed by atoms with Crippen molar-refractivity contribution in [3.8, 4) is 5.75 Å². The van der Waals surface area contributed by atoms with E-state index in [-0.39, 0.29) is 11.5 Å². The van der Waals surface area contributed by atoms with Crippen LogP contribution >= 0.6 is 11.6 Å². The Hall–Kier alpha value is -3.21. The average Bonchev–Trinajstić information content (AvgIpc) is 2.84. The molecule has 0 radical (unpaired) electrons. The molecule has 186 valence electrons. The van der Waals surface area contributed by atoms with E-state index in [2.05, 4.69) is 0 Å². The van der Waals surface area contributed by atoms with Crippen LogP contribution in [0.2, 0.25) is 5.02 Å². The number of anilines is 1. The molecule has 3 aromatic rings. The lowest BCUT2D eigenvalue weighted by Crippen LogP contribution is -2.35. The van der Waals surface area contributed by atoms with Crippen LogP contribution in [-0.4, -0.2) is 32.9 Å². The van der Waals surface area contributed by atoms with Gasteiger partial charge in [-0.1, -0.05) is 29.8 Å². The Kier molecular flexibility index (Phi) is 8.66. The van der Waals surface area contributed by atoms with Gasteiger partial charge in [0.2, 0.25) is 0 Å². The first-order valence-electron chi connectivity index (χ1n) is 10.6. The van der Waals surface area contributed by atoms with E-state index < -0.39 is 33.4 Å². The van der Waals surface area contributed by atoms with Crippen molar-refractivity contribution in [2.45, 2.75) is 24.3 Å². The third kappa shape index (κ3) is 6.27. The molecule has 0 aromatic heterocycles. The van der Waals surface area contributed by atoms with Gasteiger partial charge in [-0.25, -0.2) is 23.0 Å². The van der Waals surface area contributed by atoms with Crippen molar-refractivity contribution < 1.29 is 21.9 Å². The van der Waals surface area contributed by atoms with Gasteiger partial charge in [-0.2, -0.15) is 0 Å². The molecule has 1 atom stereocenters. The molecule has 0 saturated heterocycles. The van der Waals surface area contributed by atoms with Gasteiger partial charge < -0.3 is 9.75 Å². The van der Waals surface area contributed by atoms with Crippen LogP contribution in [0, 0.1) is 17.0 Å². The summed E-state index contributed by atoms with van der Waals surface area (Å²) in [4.78, 5) is -0.134. The van der Waals surface area contributed by atoms with Crippen LogP contribution in [0.25, 0.3) is 0 Å². The molecule has 0 saturated carbocycles. The van der Waals surface area contributed by atoms with Crippen LogP contribution in [0.5, 0.6) is 5.75 Å². The van der Waals surface area contributed by atoms with E-state index >= 15 is 0 Å². The number of sulfonamides is 1. The Morgan fingerprint density at radius 2 is 1.80 bits per heavy atom. The number of hydrogen-bond acceptors (Lipinski definition) is 5. The minimum absolute atomic E-state index is 0.134. The summed E-state index contributed by atoms with van der Waals surface area (Å²) in [6, 6.07) is 13.8. The summed E-state index contributed by atoms with van der Waals surface area (Å²) < 4.78 is 63.2. The topological polar surface area (TPSA) is 99.7 Å². The Labute approximate surface area is 208 Å². The number of para-hydroxylation sites is 1. The largest absolute Gasteiger partial charge is 0.493 e. The Morgan fingerprint density at radius 1 is 1.11 bits per heavy atom. The molecular formula is C24H25ClF2N4O3S. The molecule has 0 spiro atoms. The van der Waals surface area contributed by atoms with E-state index in [0.29, 0.717) is 29.3 Å². The SMILES string of the molecule is C[C@H](c1ccccc1OCCCN(N)C=N)N(c1cc(F)ccc1F)S(=O)(=O)c1ccc(Cl)cc1. The summed E-state index contributed by atoms with van der Waals surface area (Å²) in [5, 5.41) is 8.64. The first-order chi connectivity index (χ1) is 16.6. The second kappa shape index (κ2) is 11.5. The monoisotopic (exact) mass is 522 g/mol. The molecule has 0 unspecified atom stereocenters. The predicted octanol–water partition coefficient (Wildman–Crippen LogP) is 5.13. The van der Waals surface area contributed by atoms with Crippen molar-refractivity contribution in [3.63, 3.8) is 0 Å². The molecule has 3 N–H and O–H groups in total. The van der Waals surface area contributed by atoms with Gasteiger partial charge in [0.15, 0.2) is 0 Å². The number of halogens is 3. The highest BCUT2D eigenvalue weighted by Gasteiger charge is 2.34. The molecule has 11 heteroatoms. The number of nitrogens with two attached hydrogens (primary N) is 1. The quantitative estimate of drug-likeness (QED) is 0.120. The second-order valence-corrected chi connectivity index (χ2v) is 9.88. The Morgan fingerprint density at radius 3 is 2.49 bits per heavy atom. The summed E-state index contributed by atoms with van der Waals surface area (Å²) in [6.07, 6.45) is 1.49. The molecule has 7 nitrogen and oxygen atoms in total. The maximum Gasteiger partial charge on any atom is 0.264 e. The summed E-state index contributed by atoms with van der Waals surface area (Å²) in [6.45, 7) is 2.19. The van der Waals surface area contributed by atoms with Gasteiger partial charge in [0.25, 0.3) is 10.0 Å². The number of hydrazine groups is 1. The number of nitrogens with zero attached hydrogens (tertiary/aromatic N) is 2. The summed E-state index contributed by atoms with van der Waals surface area (Å²) in [5.74, 6) is 4.26. The number of benzene rings is 3. The first-order valence-corrected chi connectivity index (χ1v) is 12.5. The van der Waals surface area contributed by atoms with E-state index in [4.69, 9.17) is 27.6 Å². The van der Waals surface area contributed by atoms with Gasteiger partial charge in [0.1, 0.15) is 17.4 Å². The zero-order chi connectivity index (χ0) is 25.6. The lowest BCUT2D eigenvalue weighted by molar-refractivity contribution is 0.286. The minimum Gasteiger partial charge on any atom is -0.493 e. The molecule has 0 heterocycles. The smallest absolute Gasteiger partial charge is 0.264 e. The molecule has 3 rings (SSSR count). The fraction of sp³-hybridized carbons (Fsp3) is 0.208. The average molecular weight is 523 g/mol. The summed E-state index contributed by atoms with van der Waals surface area (Å²) >= 11 is 5.92. The Balaban J connectivity index is 2.04. The van der Waals surface area contributed by atoms with Crippen LogP contribution in [0.15, 0.2) is 71.6 Å². The maximum atomic E-state index is 14.9. The molecule has 0 aliphatic rings. The van der Waals surface area contributed by atoms with Gasteiger partial charge in [-0.3, -0.25) is 9.71 Å². The van der Waals surface area contributed by atoms with Gasteiger partial charge in [-0.05, 0) is 49.4 Å². The number of rotatable bonds is 11. The molecule has 0 bridgehead atoms. The van der Waals surface area contributed by atoms with Crippen molar-refractivity contribution in [3.05, 3.63) is 89.0 Å². The van der Waals surface area contributed by atoms with Crippen molar-refractivity contribution in [1.29, 1.82) is 5.41 Å². The third-order valence-electron chi connectivity index (χ3n) is 5.22.